The number of nitrogens with zero attached hydrogens (tertiary/aromatic N) is 3. The van der Waals surface area contributed by atoms with Gasteiger partial charge >= 0.3 is 70.8 Å². The second-order valence-electron chi connectivity index (χ2n) is 8.92. The molecule has 0 saturated carbocycles. The summed E-state index contributed by atoms with van der Waals surface area (Å²) in [4.78, 5) is 34.0. The molecule has 234 valence electrons. The summed E-state index contributed by atoms with van der Waals surface area (Å²) in [6.07, 6.45) is 2.93. The van der Waals surface area contributed by atoms with E-state index in [4.69, 9.17) is 77.8 Å². The summed E-state index contributed by atoms with van der Waals surface area (Å²) < 4.78 is 17.8. The zero-order valence-electron chi connectivity index (χ0n) is 27.2. The van der Waals surface area contributed by atoms with Crippen LogP contribution >= 0.6 is 46.4 Å². The van der Waals surface area contributed by atoms with Crippen molar-refractivity contribution in [2.24, 2.45) is 7.05 Å². The normalized spacial score (nSPS) is 10.2. The van der Waals surface area contributed by atoms with Gasteiger partial charge in [0.25, 0.3) is 0 Å². The summed E-state index contributed by atoms with van der Waals surface area (Å²) >= 11 is 24.2. The van der Waals surface area contributed by atoms with E-state index in [1.807, 2.05) is 0 Å². The Morgan fingerprint density at radius 3 is 1.91 bits per heavy atom. The fourth-order valence-corrected chi connectivity index (χ4v) is 4.56. The van der Waals surface area contributed by atoms with Crippen LogP contribution in [0.2, 0.25) is 20.1 Å². The van der Waals surface area contributed by atoms with Crippen molar-refractivity contribution in [2.75, 3.05) is 23.8 Å². The molecule has 0 saturated heterocycles. The van der Waals surface area contributed by atoms with E-state index < -0.39 is 5.97 Å². The third-order valence-electron chi connectivity index (χ3n) is 6.02. The van der Waals surface area contributed by atoms with E-state index in [1.54, 1.807) is 50.4 Å². The maximum Gasteiger partial charge on any atom is 1.00 e. The summed E-state index contributed by atoms with van der Waals surface area (Å²) in [5, 5.41) is 0.798. The molecule has 12 nitrogen and oxygen atoms in total. The second-order valence-corrected chi connectivity index (χ2v) is 10.4. The minimum Gasteiger partial charge on any atom is -1.00 e. The van der Waals surface area contributed by atoms with E-state index in [1.165, 1.54) is 17.0 Å². The molecule has 2 aromatic carbocycles. The van der Waals surface area contributed by atoms with Crippen molar-refractivity contribution in [1.82, 2.24) is 19.5 Å². The van der Waals surface area contributed by atoms with Crippen molar-refractivity contribution >= 4 is 80.7 Å². The SMILES string of the molecule is CCOC(=O)Cc1c(Oc2ccc(N)c(Cl)c2Cl)ccnc1N.Cn1c(=O)[nH]c2nccc(Oc3ccc(N)c(Cl)c3Cl)c21.[H-].[H-].[Na+].[Na+]. The number of hydrogen-bond acceptors (Lipinski definition) is 10. The summed E-state index contributed by atoms with van der Waals surface area (Å²) in [6.45, 7) is 1.99. The van der Waals surface area contributed by atoms with Crippen LogP contribution in [0.5, 0.6) is 23.0 Å². The molecule has 0 aliphatic carbocycles. The number of carbonyl (C=O) groups is 1. The molecule has 0 amide bonds. The van der Waals surface area contributed by atoms with Gasteiger partial charge in [0.1, 0.15) is 38.6 Å². The van der Waals surface area contributed by atoms with E-state index in [9.17, 15) is 9.59 Å². The van der Waals surface area contributed by atoms with Gasteiger partial charge in [-0.3, -0.25) is 14.3 Å². The first-order valence-electron chi connectivity index (χ1n) is 12.7. The fourth-order valence-electron chi connectivity index (χ4n) is 3.83. The number of halogens is 4. The summed E-state index contributed by atoms with van der Waals surface area (Å²) in [5.41, 5.74) is 19.0. The van der Waals surface area contributed by atoms with Crippen molar-refractivity contribution < 1.29 is 81.0 Å². The van der Waals surface area contributed by atoms with Crippen LogP contribution in [0.4, 0.5) is 17.2 Å². The Morgan fingerprint density at radius 1 is 0.826 bits per heavy atom. The van der Waals surface area contributed by atoms with E-state index in [0.717, 1.165) is 0 Å². The van der Waals surface area contributed by atoms with Gasteiger partial charge < -0.3 is 34.3 Å². The number of aryl methyl sites for hydroxylation is 1. The number of rotatable bonds is 7. The van der Waals surface area contributed by atoms with Gasteiger partial charge in [0.2, 0.25) is 0 Å². The van der Waals surface area contributed by atoms with Crippen molar-refractivity contribution in [2.45, 2.75) is 13.3 Å². The fraction of sp³-hybridized carbons (Fsp3) is 0.143. The first-order chi connectivity index (χ1) is 20.9. The largest absolute Gasteiger partial charge is 1.00 e. The van der Waals surface area contributed by atoms with E-state index in [2.05, 4.69) is 15.0 Å². The second kappa shape index (κ2) is 17.7. The first-order valence-corrected chi connectivity index (χ1v) is 14.2. The van der Waals surface area contributed by atoms with Gasteiger partial charge in [0.05, 0.1) is 34.4 Å². The number of nitrogen functional groups attached to an aromatic ring is 3. The number of nitrogens with two attached hydrogens (primary N) is 3. The third-order valence-corrected chi connectivity index (χ3v) is 7.78. The van der Waals surface area contributed by atoms with Crippen LogP contribution < -0.4 is 91.5 Å². The number of aromatic amines is 1. The molecule has 46 heavy (non-hydrogen) atoms. The Morgan fingerprint density at radius 2 is 1.35 bits per heavy atom. The van der Waals surface area contributed by atoms with Crippen molar-refractivity contribution in [3.05, 3.63) is 84.9 Å². The number of ether oxygens (including phenoxy) is 3. The number of fused-ring (bicyclic) bond motifs is 1. The zero-order chi connectivity index (χ0) is 32.1. The molecule has 0 spiro atoms. The molecule has 0 atom stereocenters. The number of carbonyl (C=O) groups excluding carboxylic acids is 1. The molecule has 3 heterocycles. The quantitative estimate of drug-likeness (QED) is 0.105. The summed E-state index contributed by atoms with van der Waals surface area (Å²) in [6, 6.07) is 9.56. The Bertz CT molecular complexity index is 1940. The van der Waals surface area contributed by atoms with Crippen LogP contribution in [0, 0.1) is 0 Å². The molecule has 0 aliphatic heterocycles. The van der Waals surface area contributed by atoms with Gasteiger partial charge in [-0.25, -0.2) is 14.8 Å². The molecule has 0 radical (unpaired) electrons. The minimum absolute atomic E-state index is 0. The standard InChI is InChI=1S/C15H15Cl2N3O3.C13H10Cl2N4O2.2Na.2H/c1-2-22-12(21)7-8-10(5-6-20-15(8)19)23-11-4-3-9(18)13(16)14(11)17;1-19-11-8(4-5-17-12(11)18-13(19)20)21-7-3-2-6(16)9(14)10(7)15;;;;/h3-6H,2,7,18H2,1H3,(H2,19,20);2-5H,16H2,1H3,(H,17,18,20);;;;/q;;2*+1;2*-1. The van der Waals surface area contributed by atoms with Crippen LogP contribution in [-0.2, 0) is 23.0 Å². The van der Waals surface area contributed by atoms with Gasteiger partial charge in [-0.05, 0) is 37.3 Å². The molecule has 0 fully saturated rings. The molecular weight excluding hydrogens is 702 g/mol. The number of hydrogen-bond donors (Lipinski definition) is 4. The first kappa shape index (κ1) is 39.8. The number of pyridine rings is 2. The maximum absolute atomic E-state index is 11.7. The van der Waals surface area contributed by atoms with Crippen LogP contribution in [0.25, 0.3) is 11.2 Å². The monoisotopic (exact) mass is 727 g/mol. The number of benzene rings is 2. The van der Waals surface area contributed by atoms with E-state index >= 15 is 0 Å². The molecule has 5 rings (SSSR count). The van der Waals surface area contributed by atoms with Crippen LogP contribution in [0.15, 0.2) is 53.6 Å². The molecular formula is C28H27Cl4N7Na2O5. The summed E-state index contributed by atoms with van der Waals surface area (Å²) in [5.74, 6) is 1.15. The topological polar surface area (TPSA) is 186 Å². The molecule has 0 aliphatic rings. The smallest absolute Gasteiger partial charge is 1.00 e. The zero-order valence-corrected chi connectivity index (χ0v) is 32.2. The van der Waals surface area contributed by atoms with Crippen LogP contribution in [-0.4, -0.2) is 32.1 Å². The van der Waals surface area contributed by atoms with Crippen molar-refractivity contribution in [3.63, 3.8) is 0 Å². The van der Waals surface area contributed by atoms with E-state index in [0.29, 0.717) is 51.1 Å². The molecule has 0 bridgehead atoms. The average Bonchev–Trinajstić information content (AvgIpc) is 3.29. The van der Waals surface area contributed by atoms with Gasteiger partial charge in [-0.2, -0.15) is 0 Å². The Hall–Kier alpha value is -2.36. The van der Waals surface area contributed by atoms with Crippen molar-refractivity contribution in [3.8, 4) is 23.0 Å². The predicted octanol–water partition coefficient (Wildman–Crippen LogP) is 0.627. The van der Waals surface area contributed by atoms with E-state index in [-0.39, 0.29) is 107 Å². The number of aromatic nitrogens is 4. The molecule has 5 aromatic rings. The Kier molecular flexibility index (Phi) is 15.3. The molecule has 0 unspecified atom stereocenters. The minimum atomic E-state index is -0.432. The number of anilines is 3. The third kappa shape index (κ3) is 9.16. The predicted molar refractivity (Wildman–Crippen MR) is 174 cm³/mol. The molecule has 3 aromatic heterocycles. The van der Waals surface area contributed by atoms with Gasteiger partial charge in [0, 0.05) is 31.1 Å². The number of imidazole rings is 1. The van der Waals surface area contributed by atoms with Gasteiger partial charge in [0.15, 0.2) is 11.4 Å². The van der Waals surface area contributed by atoms with Gasteiger partial charge in [-0.15, -0.1) is 0 Å². The Balaban J connectivity index is 0.000000852. The number of H-pyrrole nitrogens is 1. The number of esters is 1. The average molecular weight is 729 g/mol. The van der Waals surface area contributed by atoms with Gasteiger partial charge in [-0.1, -0.05) is 46.4 Å². The molecule has 7 N–H and O–H groups in total. The molecule has 18 heteroatoms. The summed E-state index contributed by atoms with van der Waals surface area (Å²) in [7, 11) is 1.62. The number of nitrogens with one attached hydrogen (secondary N) is 1. The van der Waals surface area contributed by atoms with Crippen LogP contribution in [0.1, 0.15) is 15.3 Å². The van der Waals surface area contributed by atoms with Crippen molar-refractivity contribution in [1.29, 1.82) is 0 Å². The van der Waals surface area contributed by atoms with Crippen LogP contribution in [0.3, 0.4) is 0 Å². The Labute approximate surface area is 330 Å². The maximum atomic E-state index is 11.7.